The fraction of sp³-hybridized carbons (Fsp3) is 0.455. The number of ether oxygens (including phenoxy) is 1. The molecular weight excluding hydrogens is 286 g/mol. The fourth-order valence-electron chi connectivity index (χ4n) is 1.82. The lowest BCUT2D eigenvalue weighted by Crippen LogP contribution is -2.46. The number of aromatic nitrogens is 1. The molecule has 1 aromatic heterocycles. The topological polar surface area (TPSA) is 94.3 Å². The quantitative estimate of drug-likeness (QED) is 0.770. The molecule has 1 atom stereocenters. The van der Waals surface area contributed by atoms with Crippen LogP contribution in [0.25, 0.3) is 0 Å². The molecule has 0 amide bonds. The van der Waals surface area contributed by atoms with Crippen molar-refractivity contribution in [2.24, 2.45) is 5.73 Å². The van der Waals surface area contributed by atoms with E-state index in [0.717, 1.165) is 0 Å². The number of rotatable bonds is 4. The number of hydrogen-bond donors (Lipinski definition) is 2. The minimum absolute atomic E-state index is 0.0839. The van der Waals surface area contributed by atoms with Crippen molar-refractivity contribution >= 4 is 27.2 Å². The van der Waals surface area contributed by atoms with E-state index in [0.29, 0.717) is 25.3 Å². The Balaban J connectivity index is 2.22. The third kappa shape index (κ3) is 3.27. The molecule has 0 radical (unpaired) electrons. The lowest BCUT2D eigenvalue weighted by Gasteiger charge is -2.23. The SMILES string of the molecule is CC1(NS(=O)(=O)c2ccc(C(N)=S)nc2)CCOC1. The largest absolute Gasteiger partial charge is 0.388 e. The van der Waals surface area contributed by atoms with E-state index in [4.69, 9.17) is 22.7 Å². The van der Waals surface area contributed by atoms with Crippen LogP contribution < -0.4 is 10.5 Å². The lowest BCUT2D eigenvalue weighted by atomic mass is 10.0. The highest BCUT2D eigenvalue weighted by Crippen LogP contribution is 2.21. The predicted molar refractivity (Wildman–Crippen MR) is 74.3 cm³/mol. The van der Waals surface area contributed by atoms with Gasteiger partial charge < -0.3 is 10.5 Å². The second-order valence-corrected chi connectivity index (χ2v) is 6.83. The van der Waals surface area contributed by atoms with Crippen LogP contribution in [0.3, 0.4) is 0 Å². The van der Waals surface area contributed by atoms with E-state index in [-0.39, 0.29) is 9.88 Å². The minimum Gasteiger partial charge on any atom is -0.388 e. The molecule has 19 heavy (non-hydrogen) atoms. The highest BCUT2D eigenvalue weighted by atomic mass is 32.2. The van der Waals surface area contributed by atoms with Crippen molar-refractivity contribution in [2.75, 3.05) is 13.2 Å². The van der Waals surface area contributed by atoms with E-state index >= 15 is 0 Å². The normalized spacial score (nSPS) is 23.4. The molecule has 2 rings (SSSR count). The molecule has 3 N–H and O–H groups in total. The van der Waals surface area contributed by atoms with Crippen molar-refractivity contribution in [3.05, 3.63) is 24.0 Å². The molecule has 1 aliphatic heterocycles. The predicted octanol–water partition coefficient (Wildman–Crippen LogP) is 0.173. The molecule has 1 saturated heterocycles. The van der Waals surface area contributed by atoms with Crippen LogP contribution in [-0.4, -0.2) is 37.1 Å². The van der Waals surface area contributed by atoms with Gasteiger partial charge >= 0.3 is 0 Å². The van der Waals surface area contributed by atoms with E-state index in [9.17, 15) is 8.42 Å². The maximum Gasteiger partial charge on any atom is 0.242 e. The maximum absolute atomic E-state index is 12.2. The van der Waals surface area contributed by atoms with Crippen molar-refractivity contribution < 1.29 is 13.2 Å². The van der Waals surface area contributed by atoms with Gasteiger partial charge in [0.1, 0.15) is 9.88 Å². The lowest BCUT2D eigenvalue weighted by molar-refractivity contribution is 0.178. The summed E-state index contributed by atoms with van der Waals surface area (Å²) in [6, 6.07) is 2.92. The van der Waals surface area contributed by atoms with Crippen LogP contribution in [0.4, 0.5) is 0 Å². The van der Waals surface area contributed by atoms with Crippen LogP contribution in [0.15, 0.2) is 23.2 Å². The third-order valence-electron chi connectivity index (χ3n) is 2.90. The zero-order valence-corrected chi connectivity index (χ0v) is 12.1. The summed E-state index contributed by atoms with van der Waals surface area (Å²) >= 11 is 4.77. The number of pyridine rings is 1. The Morgan fingerprint density at radius 2 is 2.32 bits per heavy atom. The number of nitrogens with zero attached hydrogens (tertiary/aromatic N) is 1. The Hall–Kier alpha value is -1.09. The van der Waals surface area contributed by atoms with Gasteiger partial charge in [0.25, 0.3) is 0 Å². The van der Waals surface area contributed by atoms with Crippen LogP contribution >= 0.6 is 12.2 Å². The molecule has 0 spiro atoms. The third-order valence-corrected chi connectivity index (χ3v) is 4.73. The fourth-order valence-corrected chi connectivity index (χ4v) is 3.30. The Kier molecular flexibility index (Phi) is 3.86. The summed E-state index contributed by atoms with van der Waals surface area (Å²) in [4.78, 5) is 4.14. The van der Waals surface area contributed by atoms with Crippen LogP contribution in [0.2, 0.25) is 0 Å². The smallest absolute Gasteiger partial charge is 0.242 e. The number of hydrogen-bond acceptors (Lipinski definition) is 5. The van der Waals surface area contributed by atoms with E-state index in [1.165, 1.54) is 18.3 Å². The average molecular weight is 301 g/mol. The molecule has 0 aromatic carbocycles. The summed E-state index contributed by atoms with van der Waals surface area (Å²) in [5.74, 6) is 0. The zero-order chi connectivity index (χ0) is 14.1. The molecule has 1 aliphatic rings. The van der Waals surface area contributed by atoms with Gasteiger partial charge in [-0.25, -0.2) is 13.1 Å². The summed E-state index contributed by atoms with van der Waals surface area (Å²) in [6.45, 7) is 2.73. The van der Waals surface area contributed by atoms with E-state index in [1.54, 1.807) is 0 Å². The number of nitrogens with one attached hydrogen (secondary N) is 1. The molecule has 8 heteroatoms. The van der Waals surface area contributed by atoms with Crippen LogP contribution in [-0.2, 0) is 14.8 Å². The molecule has 104 valence electrons. The Labute approximate surface area is 117 Å². The van der Waals surface area contributed by atoms with Gasteiger partial charge in [-0.2, -0.15) is 0 Å². The summed E-state index contributed by atoms with van der Waals surface area (Å²) in [6.07, 6.45) is 1.89. The molecule has 1 aromatic rings. The molecular formula is C11H15N3O3S2. The number of sulfonamides is 1. The number of thiocarbonyl (C=S) groups is 1. The maximum atomic E-state index is 12.2. The van der Waals surface area contributed by atoms with Gasteiger partial charge in [0.05, 0.1) is 17.8 Å². The van der Waals surface area contributed by atoms with Crippen molar-refractivity contribution in [3.8, 4) is 0 Å². The minimum atomic E-state index is -3.62. The van der Waals surface area contributed by atoms with Gasteiger partial charge in [-0.05, 0) is 25.5 Å². The highest BCUT2D eigenvalue weighted by molar-refractivity contribution is 7.89. The molecule has 1 fully saturated rings. The van der Waals surface area contributed by atoms with Crippen molar-refractivity contribution in [1.82, 2.24) is 9.71 Å². The van der Waals surface area contributed by atoms with Gasteiger partial charge in [-0.3, -0.25) is 4.98 Å². The Bertz CT molecular complexity index is 578. The Morgan fingerprint density at radius 1 is 1.58 bits per heavy atom. The second-order valence-electron chi connectivity index (χ2n) is 4.71. The van der Waals surface area contributed by atoms with Crippen LogP contribution in [0, 0.1) is 0 Å². The second kappa shape index (κ2) is 5.12. The molecule has 1 unspecified atom stereocenters. The molecule has 0 aliphatic carbocycles. The van der Waals surface area contributed by atoms with Crippen molar-refractivity contribution in [1.29, 1.82) is 0 Å². The molecule has 0 bridgehead atoms. The summed E-state index contributed by atoms with van der Waals surface area (Å²) in [5, 5.41) is 0. The number of nitrogens with two attached hydrogens (primary N) is 1. The van der Waals surface area contributed by atoms with Gasteiger partial charge in [0.15, 0.2) is 0 Å². The average Bonchev–Trinajstić information content (AvgIpc) is 2.75. The van der Waals surface area contributed by atoms with Crippen LogP contribution in [0.5, 0.6) is 0 Å². The summed E-state index contributed by atoms with van der Waals surface area (Å²) in [7, 11) is -3.62. The molecule has 2 heterocycles. The van der Waals surface area contributed by atoms with Gasteiger partial charge in [0.2, 0.25) is 10.0 Å². The first-order chi connectivity index (χ1) is 8.82. The molecule has 0 saturated carbocycles. The monoisotopic (exact) mass is 301 g/mol. The highest BCUT2D eigenvalue weighted by Gasteiger charge is 2.34. The van der Waals surface area contributed by atoms with Crippen molar-refractivity contribution in [3.63, 3.8) is 0 Å². The first-order valence-electron chi connectivity index (χ1n) is 5.70. The first-order valence-corrected chi connectivity index (χ1v) is 7.59. The first kappa shape index (κ1) is 14.3. The standard InChI is InChI=1S/C11H15N3O3S2/c1-11(4-5-17-7-11)14-19(15,16)8-2-3-9(10(12)18)13-6-8/h2-3,6,14H,4-5,7H2,1H3,(H2,12,18). The van der Waals surface area contributed by atoms with Gasteiger partial charge in [0, 0.05) is 12.8 Å². The van der Waals surface area contributed by atoms with E-state index in [2.05, 4.69) is 9.71 Å². The van der Waals surface area contributed by atoms with E-state index < -0.39 is 15.6 Å². The van der Waals surface area contributed by atoms with Gasteiger partial charge in [-0.15, -0.1) is 0 Å². The zero-order valence-electron chi connectivity index (χ0n) is 10.4. The van der Waals surface area contributed by atoms with Crippen LogP contribution in [0.1, 0.15) is 19.0 Å². The Morgan fingerprint density at radius 3 is 2.79 bits per heavy atom. The van der Waals surface area contributed by atoms with Gasteiger partial charge in [-0.1, -0.05) is 12.2 Å². The summed E-state index contributed by atoms with van der Waals surface area (Å²) in [5.41, 5.74) is 5.24. The summed E-state index contributed by atoms with van der Waals surface area (Å²) < 4.78 is 32.3. The van der Waals surface area contributed by atoms with E-state index in [1.807, 2.05) is 6.92 Å². The molecule has 6 nitrogen and oxygen atoms in total. The van der Waals surface area contributed by atoms with Crippen molar-refractivity contribution in [2.45, 2.75) is 23.8 Å².